The van der Waals surface area contributed by atoms with E-state index >= 15 is 0 Å². The van der Waals surface area contributed by atoms with Crippen LogP contribution in [0.25, 0.3) is 6.08 Å². The van der Waals surface area contributed by atoms with E-state index in [2.05, 4.69) is 0 Å². The molecule has 0 heterocycles. The van der Waals surface area contributed by atoms with E-state index in [4.69, 9.17) is 4.74 Å². The number of hydrogen-bond acceptors (Lipinski definition) is 4. The fraction of sp³-hybridized carbons (Fsp3) is 0.0870. The summed E-state index contributed by atoms with van der Waals surface area (Å²) in [6.45, 7) is 2.10. The van der Waals surface area contributed by atoms with E-state index in [9.17, 15) is 14.9 Å². The molecule has 3 aromatic carbocycles. The minimum Gasteiger partial charge on any atom is -0.489 e. The van der Waals surface area contributed by atoms with Gasteiger partial charge in [0.05, 0.1) is 4.92 Å². The lowest BCUT2D eigenvalue weighted by Crippen LogP contribution is -1.98. The lowest BCUT2D eigenvalue weighted by molar-refractivity contribution is -0.385. The van der Waals surface area contributed by atoms with E-state index in [0.717, 1.165) is 11.1 Å². The zero-order valence-electron chi connectivity index (χ0n) is 15.4. The molecular formula is C23H19NO4. The number of carbonyl (C=O) groups is 1. The Morgan fingerprint density at radius 3 is 2.57 bits per heavy atom. The molecule has 0 radical (unpaired) electrons. The largest absolute Gasteiger partial charge is 0.489 e. The molecule has 0 aliphatic rings. The van der Waals surface area contributed by atoms with Crippen molar-refractivity contribution in [1.29, 1.82) is 0 Å². The van der Waals surface area contributed by atoms with Crippen molar-refractivity contribution in [2.75, 3.05) is 0 Å². The maximum absolute atomic E-state index is 12.4. The van der Waals surface area contributed by atoms with Crippen molar-refractivity contribution in [2.24, 2.45) is 0 Å². The maximum atomic E-state index is 12.4. The van der Waals surface area contributed by atoms with Gasteiger partial charge in [-0.15, -0.1) is 0 Å². The van der Waals surface area contributed by atoms with Gasteiger partial charge in [0, 0.05) is 17.2 Å². The lowest BCUT2D eigenvalue weighted by atomic mass is 10.1. The van der Waals surface area contributed by atoms with Crippen molar-refractivity contribution < 1.29 is 14.5 Å². The summed E-state index contributed by atoms with van der Waals surface area (Å²) in [6.07, 6.45) is 3.08. The number of ether oxygens (including phenoxy) is 1. The number of allylic oxidation sites excluding steroid dienone is 1. The molecule has 3 aromatic rings. The molecule has 3 rings (SSSR count). The average molecular weight is 373 g/mol. The van der Waals surface area contributed by atoms with Gasteiger partial charge in [0.2, 0.25) is 0 Å². The Morgan fingerprint density at radius 1 is 1.04 bits per heavy atom. The van der Waals surface area contributed by atoms with Gasteiger partial charge in [-0.05, 0) is 36.3 Å². The molecule has 0 amide bonds. The molecular weight excluding hydrogens is 354 g/mol. The molecule has 0 saturated carbocycles. The highest BCUT2D eigenvalue weighted by Crippen LogP contribution is 2.20. The fourth-order valence-electron chi connectivity index (χ4n) is 2.68. The van der Waals surface area contributed by atoms with Crippen LogP contribution in [-0.2, 0) is 6.61 Å². The van der Waals surface area contributed by atoms with Crippen LogP contribution >= 0.6 is 0 Å². The summed E-state index contributed by atoms with van der Waals surface area (Å²) in [5.41, 5.74) is 2.62. The number of nitro benzene ring substituents is 1. The molecule has 140 valence electrons. The first-order valence-corrected chi connectivity index (χ1v) is 8.77. The highest BCUT2D eigenvalue weighted by atomic mass is 16.6. The molecule has 0 aliphatic carbocycles. The average Bonchev–Trinajstić information content (AvgIpc) is 2.71. The molecule has 28 heavy (non-hydrogen) atoms. The summed E-state index contributed by atoms with van der Waals surface area (Å²) in [5.74, 6) is 0.406. The van der Waals surface area contributed by atoms with E-state index in [0.29, 0.717) is 17.9 Å². The van der Waals surface area contributed by atoms with Crippen molar-refractivity contribution in [1.82, 2.24) is 0 Å². The Morgan fingerprint density at radius 2 is 1.82 bits per heavy atom. The second kappa shape index (κ2) is 8.77. The highest BCUT2D eigenvalue weighted by Gasteiger charge is 2.13. The summed E-state index contributed by atoms with van der Waals surface area (Å²) < 4.78 is 5.79. The molecule has 0 aliphatic heterocycles. The zero-order valence-corrected chi connectivity index (χ0v) is 15.4. The van der Waals surface area contributed by atoms with Crippen LogP contribution < -0.4 is 4.74 Å². The molecule has 0 unspecified atom stereocenters. The van der Waals surface area contributed by atoms with Crippen molar-refractivity contribution in [3.05, 3.63) is 111 Å². The predicted octanol–water partition coefficient (Wildman–Crippen LogP) is 5.38. The third kappa shape index (κ3) is 4.92. The molecule has 5 nitrogen and oxygen atoms in total. The summed E-state index contributed by atoms with van der Waals surface area (Å²) in [5, 5.41) is 11.0. The van der Waals surface area contributed by atoms with E-state index in [-0.39, 0.29) is 17.0 Å². The van der Waals surface area contributed by atoms with Crippen LogP contribution in [0.3, 0.4) is 0 Å². The number of nitro groups is 1. The van der Waals surface area contributed by atoms with Crippen molar-refractivity contribution >= 4 is 17.5 Å². The first-order valence-electron chi connectivity index (χ1n) is 8.77. The third-order valence-electron chi connectivity index (χ3n) is 4.22. The van der Waals surface area contributed by atoms with E-state index in [1.165, 1.54) is 12.1 Å². The molecule has 0 saturated heterocycles. The molecule has 0 N–H and O–H groups in total. The van der Waals surface area contributed by atoms with Crippen molar-refractivity contribution in [3.8, 4) is 5.75 Å². The van der Waals surface area contributed by atoms with Gasteiger partial charge in [-0.2, -0.15) is 0 Å². The van der Waals surface area contributed by atoms with Gasteiger partial charge < -0.3 is 4.74 Å². The number of nitrogens with zero attached hydrogens (tertiary/aromatic N) is 1. The van der Waals surface area contributed by atoms with Gasteiger partial charge in [-0.1, -0.05) is 60.7 Å². The summed E-state index contributed by atoms with van der Waals surface area (Å²) in [6, 6.07) is 21.7. The molecule has 0 aromatic heterocycles. The van der Waals surface area contributed by atoms with Crippen LogP contribution in [0.1, 0.15) is 27.0 Å². The summed E-state index contributed by atoms with van der Waals surface area (Å²) >= 11 is 0. The number of aryl methyl sites for hydroxylation is 1. The van der Waals surface area contributed by atoms with Gasteiger partial charge in [0.15, 0.2) is 5.78 Å². The number of ketones is 1. The van der Waals surface area contributed by atoms with E-state index in [1.807, 2.05) is 54.6 Å². The van der Waals surface area contributed by atoms with Gasteiger partial charge in [-0.3, -0.25) is 14.9 Å². The van der Waals surface area contributed by atoms with Crippen molar-refractivity contribution in [2.45, 2.75) is 13.5 Å². The SMILES string of the molecule is Cc1ccc(C(=O)C=Cc2cccc(OCc3ccccc3)c2)cc1[N+](=O)[O-]. The van der Waals surface area contributed by atoms with Gasteiger partial charge in [-0.25, -0.2) is 0 Å². The monoisotopic (exact) mass is 373 g/mol. The Labute approximate surface area is 163 Å². The maximum Gasteiger partial charge on any atom is 0.273 e. The first kappa shape index (κ1) is 19.0. The summed E-state index contributed by atoms with van der Waals surface area (Å²) in [4.78, 5) is 22.9. The van der Waals surface area contributed by atoms with Gasteiger partial charge >= 0.3 is 0 Å². The Bertz CT molecular complexity index is 1030. The summed E-state index contributed by atoms with van der Waals surface area (Å²) in [7, 11) is 0. The molecule has 0 atom stereocenters. The van der Waals surface area contributed by atoms with Crippen LogP contribution in [0.15, 0.2) is 78.9 Å². The Balaban J connectivity index is 1.69. The lowest BCUT2D eigenvalue weighted by Gasteiger charge is -2.07. The molecule has 0 spiro atoms. The van der Waals surface area contributed by atoms with E-state index < -0.39 is 4.92 Å². The number of rotatable bonds is 7. The zero-order chi connectivity index (χ0) is 19.9. The van der Waals surface area contributed by atoms with Crippen LogP contribution in [-0.4, -0.2) is 10.7 Å². The van der Waals surface area contributed by atoms with Crippen LogP contribution in [0.4, 0.5) is 5.69 Å². The standard InChI is InChI=1S/C23H19NO4/c1-17-10-12-20(15-22(17)24(26)27)23(25)13-11-18-8-5-9-21(14-18)28-16-19-6-3-2-4-7-19/h2-15H,16H2,1H3. The Kier molecular flexibility index (Phi) is 5.97. The van der Waals surface area contributed by atoms with Crippen LogP contribution in [0.5, 0.6) is 5.75 Å². The van der Waals surface area contributed by atoms with E-state index in [1.54, 1.807) is 25.1 Å². The van der Waals surface area contributed by atoms with Gasteiger partial charge in [0.25, 0.3) is 5.69 Å². The minimum atomic E-state index is -0.483. The smallest absolute Gasteiger partial charge is 0.273 e. The number of carbonyl (C=O) groups excluding carboxylic acids is 1. The molecule has 0 fully saturated rings. The Hall–Kier alpha value is -3.73. The van der Waals surface area contributed by atoms with Gasteiger partial charge in [0.1, 0.15) is 12.4 Å². The third-order valence-corrected chi connectivity index (χ3v) is 4.22. The van der Waals surface area contributed by atoms with Crippen LogP contribution in [0.2, 0.25) is 0 Å². The van der Waals surface area contributed by atoms with Crippen molar-refractivity contribution in [3.63, 3.8) is 0 Å². The molecule has 5 heteroatoms. The second-order valence-corrected chi connectivity index (χ2v) is 6.30. The molecule has 0 bridgehead atoms. The first-order chi connectivity index (χ1) is 13.5. The van der Waals surface area contributed by atoms with Crippen LogP contribution in [0, 0.1) is 17.0 Å². The predicted molar refractivity (Wildman–Crippen MR) is 108 cm³/mol. The quantitative estimate of drug-likeness (QED) is 0.241. The number of benzene rings is 3. The number of hydrogen-bond donors (Lipinski definition) is 0. The normalized spacial score (nSPS) is 10.8. The second-order valence-electron chi connectivity index (χ2n) is 6.30. The highest BCUT2D eigenvalue weighted by molar-refractivity contribution is 6.07. The topological polar surface area (TPSA) is 69.4 Å². The fourth-order valence-corrected chi connectivity index (χ4v) is 2.68. The minimum absolute atomic E-state index is 0.0597.